The van der Waals surface area contributed by atoms with Crippen molar-refractivity contribution in [2.75, 3.05) is 5.32 Å². The summed E-state index contributed by atoms with van der Waals surface area (Å²) in [6, 6.07) is 2.93. The Morgan fingerprint density at radius 1 is 1.35 bits per heavy atom. The van der Waals surface area contributed by atoms with E-state index in [0.29, 0.717) is 17.9 Å². The van der Waals surface area contributed by atoms with Crippen LogP contribution in [-0.2, 0) is 12.7 Å². The fourth-order valence-electron chi connectivity index (χ4n) is 1.78. The molecule has 20 heavy (non-hydrogen) atoms. The largest absolute Gasteiger partial charge is 0.435 e. The second-order valence-corrected chi connectivity index (χ2v) is 4.90. The average molecular weight is 298 g/mol. The molecule has 3 aromatic rings. The zero-order valence-corrected chi connectivity index (χ0v) is 10.9. The van der Waals surface area contributed by atoms with Gasteiger partial charge in [-0.3, -0.25) is 0 Å². The minimum atomic E-state index is -4.46. The number of alkyl halides is 3. The number of fused-ring (bicyclic) bond motifs is 1. The Hall–Kier alpha value is -2.09. The van der Waals surface area contributed by atoms with E-state index in [2.05, 4.69) is 15.4 Å². The summed E-state index contributed by atoms with van der Waals surface area (Å²) in [5.41, 5.74) is 0.425. The van der Waals surface area contributed by atoms with Gasteiger partial charge in [0.2, 0.25) is 0 Å². The molecule has 0 aromatic carbocycles. The smallest absolute Gasteiger partial charge is 0.364 e. The zero-order valence-electron chi connectivity index (χ0n) is 10.1. The monoisotopic (exact) mass is 298 g/mol. The molecule has 0 saturated carbocycles. The van der Waals surface area contributed by atoms with Crippen LogP contribution in [0.1, 0.15) is 11.3 Å². The predicted molar refractivity (Wildman–Crippen MR) is 69.6 cm³/mol. The minimum absolute atomic E-state index is 0.301. The third-order valence-electron chi connectivity index (χ3n) is 2.72. The second-order valence-electron chi connectivity index (χ2n) is 4.12. The Labute approximate surface area is 115 Å². The molecule has 8 heteroatoms. The molecule has 104 valence electrons. The SMILES string of the molecule is FC(F)(F)c1cc2c(NCc3ccsc3)nccn2n1. The fraction of sp³-hybridized carbons (Fsp3) is 0.167. The molecule has 3 heterocycles. The molecule has 0 unspecified atom stereocenters. The van der Waals surface area contributed by atoms with Crippen LogP contribution in [0.25, 0.3) is 5.52 Å². The Morgan fingerprint density at radius 3 is 2.90 bits per heavy atom. The normalized spacial score (nSPS) is 11.9. The van der Waals surface area contributed by atoms with E-state index in [4.69, 9.17) is 0 Å². The van der Waals surface area contributed by atoms with Gasteiger partial charge in [-0.2, -0.15) is 29.6 Å². The summed E-state index contributed by atoms with van der Waals surface area (Å²) in [6.07, 6.45) is -1.66. The summed E-state index contributed by atoms with van der Waals surface area (Å²) in [5.74, 6) is 0.377. The highest BCUT2D eigenvalue weighted by Crippen LogP contribution is 2.30. The van der Waals surface area contributed by atoms with Crippen molar-refractivity contribution < 1.29 is 13.2 Å². The number of halogens is 3. The van der Waals surface area contributed by atoms with Crippen LogP contribution >= 0.6 is 11.3 Å². The van der Waals surface area contributed by atoms with E-state index in [1.165, 1.54) is 16.9 Å². The highest BCUT2D eigenvalue weighted by molar-refractivity contribution is 7.07. The third kappa shape index (κ3) is 2.46. The number of aromatic nitrogens is 3. The van der Waals surface area contributed by atoms with Crippen LogP contribution in [0.3, 0.4) is 0 Å². The maximum absolute atomic E-state index is 12.7. The van der Waals surface area contributed by atoms with Gasteiger partial charge in [0.05, 0.1) is 0 Å². The number of thiophene rings is 1. The molecule has 0 fully saturated rings. The van der Waals surface area contributed by atoms with Gasteiger partial charge in [0.25, 0.3) is 0 Å². The molecule has 3 rings (SSSR count). The van der Waals surface area contributed by atoms with Crippen LogP contribution < -0.4 is 5.32 Å². The van der Waals surface area contributed by atoms with Crippen molar-refractivity contribution in [3.8, 4) is 0 Å². The first-order valence-corrected chi connectivity index (χ1v) is 6.65. The minimum Gasteiger partial charge on any atom is -0.364 e. The molecular formula is C12H9F3N4S. The van der Waals surface area contributed by atoms with Gasteiger partial charge in [-0.05, 0) is 22.4 Å². The first-order chi connectivity index (χ1) is 9.54. The lowest BCUT2D eigenvalue weighted by molar-refractivity contribution is -0.141. The number of hydrogen-bond acceptors (Lipinski definition) is 4. The van der Waals surface area contributed by atoms with Gasteiger partial charge in [0.15, 0.2) is 11.5 Å². The van der Waals surface area contributed by atoms with E-state index >= 15 is 0 Å². The van der Waals surface area contributed by atoms with Gasteiger partial charge in [-0.1, -0.05) is 0 Å². The molecule has 0 atom stereocenters. The van der Waals surface area contributed by atoms with Gasteiger partial charge < -0.3 is 5.32 Å². The molecule has 0 aliphatic carbocycles. The van der Waals surface area contributed by atoms with Crippen LogP contribution in [0.2, 0.25) is 0 Å². The molecule has 0 amide bonds. The molecule has 0 aliphatic heterocycles. The summed E-state index contributed by atoms with van der Waals surface area (Å²) in [5, 5.41) is 10.4. The Balaban J connectivity index is 1.92. The topological polar surface area (TPSA) is 42.2 Å². The van der Waals surface area contributed by atoms with E-state index in [1.807, 2.05) is 16.8 Å². The predicted octanol–water partition coefficient (Wildman–Crippen LogP) is 3.42. The summed E-state index contributed by atoms with van der Waals surface area (Å²) >= 11 is 1.56. The quantitative estimate of drug-likeness (QED) is 0.805. The molecule has 0 radical (unpaired) electrons. The molecule has 0 aliphatic rings. The van der Waals surface area contributed by atoms with Crippen molar-refractivity contribution in [1.82, 2.24) is 14.6 Å². The lowest BCUT2D eigenvalue weighted by Gasteiger charge is -2.05. The van der Waals surface area contributed by atoms with Crippen molar-refractivity contribution in [3.05, 3.63) is 46.5 Å². The van der Waals surface area contributed by atoms with E-state index < -0.39 is 11.9 Å². The summed E-state index contributed by atoms with van der Waals surface area (Å²) in [7, 11) is 0. The molecule has 1 N–H and O–H groups in total. The maximum Gasteiger partial charge on any atom is 0.435 e. The first kappa shape index (κ1) is 12.9. The molecule has 0 saturated heterocycles. The first-order valence-electron chi connectivity index (χ1n) is 5.70. The van der Waals surface area contributed by atoms with Crippen molar-refractivity contribution in [2.45, 2.75) is 12.7 Å². The Kier molecular flexibility index (Phi) is 3.09. The molecule has 0 spiro atoms. The van der Waals surface area contributed by atoms with E-state index in [1.54, 1.807) is 11.3 Å². The fourth-order valence-corrected chi connectivity index (χ4v) is 2.44. The Bertz CT molecular complexity index is 718. The molecule has 3 aromatic heterocycles. The zero-order chi connectivity index (χ0) is 14.2. The van der Waals surface area contributed by atoms with Gasteiger partial charge in [-0.15, -0.1) is 0 Å². The van der Waals surface area contributed by atoms with Gasteiger partial charge in [-0.25, -0.2) is 9.50 Å². The molecular weight excluding hydrogens is 289 g/mol. The van der Waals surface area contributed by atoms with Crippen LogP contribution in [0.15, 0.2) is 35.3 Å². The standard InChI is InChI=1S/C12H9F3N4S/c13-12(14,15)10-5-9-11(16-2-3-19(9)18-10)17-6-8-1-4-20-7-8/h1-5,7H,6H2,(H,16,17). The summed E-state index contributed by atoms with van der Waals surface area (Å²) in [4.78, 5) is 4.07. The lowest BCUT2D eigenvalue weighted by Crippen LogP contribution is -2.05. The highest BCUT2D eigenvalue weighted by Gasteiger charge is 2.34. The number of hydrogen-bond donors (Lipinski definition) is 1. The number of anilines is 1. The van der Waals surface area contributed by atoms with Gasteiger partial charge in [0.1, 0.15) is 5.52 Å². The Morgan fingerprint density at radius 2 is 2.20 bits per heavy atom. The van der Waals surface area contributed by atoms with Crippen LogP contribution in [0.4, 0.5) is 19.0 Å². The number of nitrogens with one attached hydrogen (secondary N) is 1. The molecule has 0 bridgehead atoms. The van der Waals surface area contributed by atoms with E-state index in [0.717, 1.165) is 11.6 Å². The highest BCUT2D eigenvalue weighted by atomic mass is 32.1. The van der Waals surface area contributed by atoms with Crippen LogP contribution in [0.5, 0.6) is 0 Å². The van der Waals surface area contributed by atoms with Crippen molar-refractivity contribution in [1.29, 1.82) is 0 Å². The van der Waals surface area contributed by atoms with Gasteiger partial charge in [0, 0.05) is 25.0 Å². The van der Waals surface area contributed by atoms with Crippen LogP contribution in [0, 0.1) is 0 Å². The van der Waals surface area contributed by atoms with Crippen molar-refractivity contribution in [3.63, 3.8) is 0 Å². The van der Waals surface area contributed by atoms with E-state index in [9.17, 15) is 13.2 Å². The van der Waals surface area contributed by atoms with Crippen LogP contribution in [-0.4, -0.2) is 14.6 Å². The molecule has 4 nitrogen and oxygen atoms in total. The second kappa shape index (κ2) is 4.78. The average Bonchev–Trinajstić information content (AvgIpc) is 3.04. The maximum atomic E-state index is 12.7. The van der Waals surface area contributed by atoms with E-state index in [-0.39, 0.29) is 0 Å². The summed E-state index contributed by atoms with van der Waals surface area (Å²) < 4.78 is 39.1. The van der Waals surface area contributed by atoms with Crippen molar-refractivity contribution in [2.24, 2.45) is 0 Å². The number of rotatable bonds is 3. The van der Waals surface area contributed by atoms with Gasteiger partial charge >= 0.3 is 6.18 Å². The lowest BCUT2D eigenvalue weighted by atomic mass is 10.3. The summed E-state index contributed by atoms with van der Waals surface area (Å²) in [6.45, 7) is 0.503. The third-order valence-corrected chi connectivity index (χ3v) is 3.45. The van der Waals surface area contributed by atoms with Crippen molar-refractivity contribution >= 4 is 22.7 Å². The number of nitrogens with zero attached hydrogens (tertiary/aromatic N) is 3.